The standard InChI is InChI=1S/C20H21FO3/c1-19(2)10-11-20(23,15-6-4-5-7-17(15)21)16-12-13(18(22)24-3)8-9-14(16)19/h4-9,12,23H,10-11H2,1-3H3. The average molecular weight is 328 g/mol. The number of hydrogen-bond acceptors (Lipinski definition) is 3. The van der Waals surface area contributed by atoms with E-state index in [0.717, 1.165) is 5.56 Å². The van der Waals surface area contributed by atoms with Crippen molar-refractivity contribution in [2.24, 2.45) is 0 Å². The van der Waals surface area contributed by atoms with E-state index in [0.29, 0.717) is 24.0 Å². The van der Waals surface area contributed by atoms with Crippen molar-refractivity contribution in [3.63, 3.8) is 0 Å². The first-order chi connectivity index (χ1) is 11.3. The Hall–Kier alpha value is -2.20. The molecule has 0 spiro atoms. The fraction of sp³-hybridized carbons (Fsp3) is 0.350. The summed E-state index contributed by atoms with van der Waals surface area (Å²) in [4.78, 5) is 11.9. The van der Waals surface area contributed by atoms with Crippen LogP contribution in [0.5, 0.6) is 0 Å². The molecule has 1 unspecified atom stereocenters. The van der Waals surface area contributed by atoms with E-state index in [1.807, 2.05) is 6.07 Å². The zero-order chi connectivity index (χ0) is 17.5. The van der Waals surface area contributed by atoms with E-state index in [2.05, 4.69) is 13.8 Å². The van der Waals surface area contributed by atoms with Crippen molar-refractivity contribution < 1.29 is 19.0 Å². The molecule has 0 aromatic heterocycles. The van der Waals surface area contributed by atoms with Gasteiger partial charge < -0.3 is 9.84 Å². The number of benzene rings is 2. The zero-order valence-electron chi connectivity index (χ0n) is 14.1. The van der Waals surface area contributed by atoms with Crippen molar-refractivity contribution in [2.75, 3.05) is 7.11 Å². The molecule has 0 saturated carbocycles. The van der Waals surface area contributed by atoms with Gasteiger partial charge in [0.1, 0.15) is 11.4 Å². The van der Waals surface area contributed by atoms with Crippen LogP contribution < -0.4 is 0 Å². The summed E-state index contributed by atoms with van der Waals surface area (Å²) >= 11 is 0. The van der Waals surface area contributed by atoms with E-state index >= 15 is 0 Å². The summed E-state index contributed by atoms with van der Waals surface area (Å²) in [6, 6.07) is 11.4. The van der Waals surface area contributed by atoms with Crippen molar-refractivity contribution in [1.82, 2.24) is 0 Å². The molecular weight excluding hydrogens is 307 g/mol. The number of ether oxygens (including phenoxy) is 1. The number of aliphatic hydroxyl groups is 1. The number of carbonyl (C=O) groups is 1. The Bertz CT molecular complexity index is 797. The fourth-order valence-corrected chi connectivity index (χ4v) is 3.56. The molecule has 2 aromatic rings. The number of methoxy groups -OCH3 is 1. The fourth-order valence-electron chi connectivity index (χ4n) is 3.56. The minimum absolute atomic E-state index is 0.165. The van der Waals surface area contributed by atoms with Crippen molar-refractivity contribution in [3.8, 4) is 0 Å². The largest absolute Gasteiger partial charge is 0.465 e. The minimum Gasteiger partial charge on any atom is -0.465 e. The van der Waals surface area contributed by atoms with E-state index < -0.39 is 17.4 Å². The summed E-state index contributed by atoms with van der Waals surface area (Å²) in [7, 11) is 1.31. The summed E-state index contributed by atoms with van der Waals surface area (Å²) < 4.78 is 19.2. The second-order valence-corrected chi connectivity index (χ2v) is 6.98. The van der Waals surface area contributed by atoms with Crippen LogP contribution >= 0.6 is 0 Å². The Morgan fingerprint density at radius 3 is 2.46 bits per heavy atom. The molecule has 1 atom stereocenters. The normalized spacial score (nSPS) is 21.9. The molecule has 0 bridgehead atoms. The quantitative estimate of drug-likeness (QED) is 0.850. The number of halogens is 1. The van der Waals surface area contributed by atoms with Gasteiger partial charge in [0.2, 0.25) is 0 Å². The molecule has 3 nitrogen and oxygen atoms in total. The molecule has 1 N–H and O–H groups in total. The highest BCUT2D eigenvalue weighted by atomic mass is 19.1. The molecule has 1 aliphatic rings. The second kappa shape index (κ2) is 5.71. The van der Waals surface area contributed by atoms with Crippen LogP contribution in [0.25, 0.3) is 0 Å². The molecule has 0 radical (unpaired) electrons. The molecule has 2 aromatic carbocycles. The summed E-state index contributed by atoms with van der Waals surface area (Å²) in [6.45, 7) is 4.18. The maximum atomic E-state index is 14.4. The predicted molar refractivity (Wildman–Crippen MR) is 89.4 cm³/mol. The molecule has 4 heteroatoms. The number of fused-ring (bicyclic) bond motifs is 1. The first kappa shape index (κ1) is 16.7. The molecule has 0 heterocycles. The van der Waals surface area contributed by atoms with Crippen LogP contribution in [0.15, 0.2) is 42.5 Å². The van der Waals surface area contributed by atoms with Crippen molar-refractivity contribution >= 4 is 5.97 Å². The van der Waals surface area contributed by atoms with Crippen molar-refractivity contribution in [3.05, 3.63) is 70.5 Å². The highest BCUT2D eigenvalue weighted by molar-refractivity contribution is 5.89. The monoisotopic (exact) mass is 328 g/mol. The predicted octanol–water partition coefficient (Wildman–Crippen LogP) is 3.92. The molecule has 24 heavy (non-hydrogen) atoms. The van der Waals surface area contributed by atoms with Crippen LogP contribution in [0.2, 0.25) is 0 Å². The lowest BCUT2D eigenvalue weighted by Gasteiger charge is -2.43. The molecule has 1 aliphatic carbocycles. The van der Waals surface area contributed by atoms with Crippen molar-refractivity contribution in [2.45, 2.75) is 37.7 Å². The average Bonchev–Trinajstić information content (AvgIpc) is 2.58. The van der Waals surface area contributed by atoms with Gasteiger partial charge in [-0.15, -0.1) is 0 Å². The molecule has 0 aliphatic heterocycles. The summed E-state index contributed by atoms with van der Waals surface area (Å²) in [6.07, 6.45) is 1.10. The Labute approximate surface area is 141 Å². The first-order valence-corrected chi connectivity index (χ1v) is 8.00. The van der Waals surface area contributed by atoms with Crippen LogP contribution in [0.3, 0.4) is 0 Å². The van der Waals surface area contributed by atoms with E-state index in [1.54, 1.807) is 30.3 Å². The molecule has 126 valence electrons. The van der Waals surface area contributed by atoms with Crippen LogP contribution in [-0.2, 0) is 15.8 Å². The number of esters is 1. The van der Waals surface area contributed by atoms with Gasteiger partial charge in [-0.25, -0.2) is 9.18 Å². The lowest BCUT2D eigenvalue weighted by molar-refractivity contribution is 0.0457. The third-order valence-electron chi connectivity index (χ3n) is 5.05. The summed E-state index contributed by atoms with van der Waals surface area (Å²) in [5.74, 6) is -0.925. The van der Waals surface area contributed by atoms with Gasteiger partial charge in [-0.05, 0) is 47.6 Å². The van der Waals surface area contributed by atoms with E-state index in [4.69, 9.17) is 4.74 Å². The van der Waals surface area contributed by atoms with Gasteiger partial charge in [0.25, 0.3) is 0 Å². The van der Waals surface area contributed by atoms with Crippen LogP contribution in [-0.4, -0.2) is 18.2 Å². The molecule has 0 fully saturated rings. The zero-order valence-corrected chi connectivity index (χ0v) is 14.1. The summed E-state index contributed by atoms with van der Waals surface area (Å²) in [5.41, 5.74) is 0.466. The van der Waals surface area contributed by atoms with E-state index in [9.17, 15) is 14.3 Å². The SMILES string of the molecule is COC(=O)c1ccc2c(c1)C(O)(c1ccccc1F)CCC2(C)C. The van der Waals surface area contributed by atoms with Gasteiger partial charge in [-0.3, -0.25) is 0 Å². The third kappa shape index (κ3) is 2.51. The van der Waals surface area contributed by atoms with Crippen molar-refractivity contribution in [1.29, 1.82) is 0 Å². The molecule has 0 saturated heterocycles. The Balaban J connectivity index is 2.26. The Morgan fingerprint density at radius 2 is 1.79 bits per heavy atom. The maximum absolute atomic E-state index is 14.4. The summed E-state index contributed by atoms with van der Waals surface area (Å²) in [5, 5.41) is 11.4. The van der Waals surface area contributed by atoms with Crippen LogP contribution in [0.4, 0.5) is 4.39 Å². The number of hydrogen-bond donors (Lipinski definition) is 1. The van der Waals surface area contributed by atoms with Gasteiger partial charge >= 0.3 is 5.97 Å². The van der Waals surface area contributed by atoms with Gasteiger partial charge in [0.05, 0.1) is 12.7 Å². The molecule has 3 rings (SSSR count). The Kier molecular flexibility index (Phi) is 3.96. The van der Waals surface area contributed by atoms with E-state index in [-0.39, 0.29) is 11.0 Å². The topological polar surface area (TPSA) is 46.5 Å². The lowest BCUT2D eigenvalue weighted by Crippen LogP contribution is -2.39. The van der Waals surface area contributed by atoms with Crippen LogP contribution in [0.1, 0.15) is 53.7 Å². The van der Waals surface area contributed by atoms with E-state index in [1.165, 1.54) is 13.2 Å². The van der Waals surface area contributed by atoms with Gasteiger partial charge in [0.15, 0.2) is 0 Å². The Morgan fingerprint density at radius 1 is 1.08 bits per heavy atom. The highest BCUT2D eigenvalue weighted by Crippen LogP contribution is 2.48. The highest BCUT2D eigenvalue weighted by Gasteiger charge is 2.44. The van der Waals surface area contributed by atoms with Gasteiger partial charge in [-0.1, -0.05) is 38.1 Å². The third-order valence-corrected chi connectivity index (χ3v) is 5.05. The molecular formula is C20H21FO3. The smallest absolute Gasteiger partial charge is 0.337 e. The first-order valence-electron chi connectivity index (χ1n) is 8.00. The lowest BCUT2D eigenvalue weighted by atomic mass is 9.64. The molecule has 0 amide bonds. The van der Waals surface area contributed by atoms with Gasteiger partial charge in [-0.2, -0.15) is 0 Å². The number of carbonyl (C=O) groups excluding carboxylic acids is 1. The van der Waals surface area contributed by atoms with Crippen LogP contribution in [0, 0.1) is 5.82 Å². The second-order valence-electron chi connectivity index (χ2n) is 6.98. The number of rotatable bonds is 2. The maximum Gasteiger partial charge on any atom is 0.337 e. The minimum atomic E-state index is -1.46. The van der Waals surface area contributed by atoms with Gasteiger partial charge in [0, 0.05) is 5.56 Å².